The van der Waals surface area contributed by atoms with E-state index < -0.39 is 10.7 Å². The van der Waals surface area contributed by atoms with Gasteiger partial charge >= 0.3 is 0 Å². The smallest absolute Gasteiger partial charge is 0.271 e. The van der Waals surface area contributed by atoms with Gasteiger partial charge in [0.15, 0.2) is 0 Å². The van der Waals surface area contributed by atoms with Crippen LogP contribution in [0.25, 0.3) is 10.9 Å². The van der Waals surface area contributed by atoms with Gasteiger partial charge in [-0.3, -0.25) is 19.6 Å². The third-order valence-electron chi connectivity index (χ3n) is 5.31. The van der Waals surface area contributed by atoms with Gasteiger partial charge in [-0.25, -0.2) is 4.39 Å². The van der Waals surface area contributed by atoms with Crippen molar-refractivity contribution in [2.45, 2.75) is 43.0 Å². The van der Waals surface area contributed by atoms with Crippen molar-refractivity contribution in [1.29, 1.82) is 0 Å². The summed E-state index contributed by atoms with van der Waals surface area (Å²) >= 11 is 0. The molecule has 0 bridgehead atoms. The van der Waals surface area contributed by atoms with E-state index in [1.165, 1.54) is 30.3 Å². The van der Waals surface area contributed by atoms with E-state index in [0.717, 1.165) is 32.1 Å². The Hall–Kier alpha value is -2.45. The molecule has 1 heterocycles. The molecular formula is C20H17ClFN3O3S. The summed E-state index contributed by atoms with van der Waals surface area (Å²) in [4.78, 5) is 24.1. The molecule has 1 aliphatic carbocycles. The second-order valence-electron chi connectivity index (χ2n) is 7.10. The summed E-state index contributed by atoms with van der Waals surface area (Å²) in [6.45, 7) is 0. The highest BCUT2D eigenvalue weighted by atomic mass is 35.7. The summed E-state index contributed by atoms with van der Waals surface area (Å²) in [5, 5.41) is 16.4. The molecule has 6 nitrogen and oxygen atoms in total. The predicted octanol–water partition coefficient (Wildman–Crippen LogP) is 6.07. The molecule has 3 aromatic rings. The fourth-order valence-corrected chi connectivity index (χ4v) is 4.52. The zero-order valence-corrected chi connectivity index (χ0v) is 16.9. The molecule has 0 N–H and O–H groups in total. The largest absolute Gasteiger partial charge is 0.287 e. The van der Waals surface area contributed by atoms with Gasteiger partial charge in [0.2, 0.25) is 5.78 Å². The van der Waals surface area contributed by atoms with E-state index in [4.69, 9.17) is 10.7 Å². The third-order valence-corrected chi connectivity index (χ3v) is 6.29. The highest BCUT2D eigenvalue weighted by Gasteiger charge is 2.25. The first-order valence-corrected chi connectivity index (χ1v) is 10.9. The number of fused-ring (bicyclic) bond motifs is 1. The number of hydrogen-bond acceptors (Lipinski definition) is 5. The number of hydrogen-bond donors (Lipinski definition) is 0. The summed E-state index contributed by atoms with van der Waals surface area (Å²) in [5.74, 6) is -0.875. The molecule has 1 aromatic heterocycles. The van der Waals surface area contributed by atoms with Crippen molar-refractivity contribution in [3.05, 3.63) is 63.6 Å². The maximum atomic E-state index is 13.8. The van der Waals surface area contributed by atoms with Crippen LogP contribution in [0.15, 0.2) is 41.3 Å². The molecule has 0 saturated heterocycles. The van der Waals surface area contributed by atoms with Crippen molar-refractivity contribution < 1.29 is 14.1 Å². The minimum atomic E-state index is -0.505. The topological polar surface area (TPSA) is 78.0 Å². The molecule has 0 atom stereocenters. The van der Waals surface area contributed by atoms with Crippen molar-refractivity contribution in [1.82, 2.24) is 9.78 Å². The minimum absolute atomic E-state index is 0.0453. The number of carbonyl (C=O) groups excluding carboxylic acids is 1. The molecule has 1 saturated carbocycles. The van der Waals surface area contributed by atoms with Crippen molar-refractivity contribution in [2.24, 2.45) is 0 Å². The van der Waals surface area contributed by atoms with E-state index in [0.29, 0.717) is 21.9 Å². The van der Waals surface area contributed by atoms with Crippen LogP contribution >= 0.6 is 21.7 Å². The SMILES string of the molecule is O=C(c1ccc(F)c(SCl)c1)c1nn(C2CCCCC2)c2cc([N+](=O)[O-])ccc12. The molecule has 0 aliphatic heterocycles. The van der Waals surface area contributed by atoms with E-state index in [1.54, 1.807) is 10.7 Å². The molecule has 0 unspecified atom stereocenters. The number of nitrogens with zero attached hydrogens (tertiary/aromatic N) is 3. The highest BCUT2D eigenvalue weighted by Crippen LogP contribution is 2.34. The predicted molar refractivity (Wildman–Crippen MR) is 110 cm³/mol. The fraction of sp³-hybridized carbons (Fsp3) is 0.300. The zero-order chi connectivity index (χ0) is 20.5. The van der Waals surface area contributed by atoms with Gasteiger partial charge in [-0.05, 0) is 58.8 Å². The van der Waals surface area contributed by atoms with Crippen molar-refractivity contribution in [2.75, 3.05) is 0 Å². The van der Waals surface area contributed by atoms with Gasteiger partial charge in [0.05, 0.1) is 21.4 Å². The molecule has 150 valence electrons. The number of halogens is 2. The lowest BCUT2D eigenvalue weighted by atomic mass is 9.95. The summed E-state index contributed by atoms with van der Waals surface area (Å²) in [5.41, 5.74) is 1.00. The van der Waals surface area contributed by atoms with Crippen molar-refractivity contribution in [3.63, 3.8) is 0 Å². The van der Waals surface area contributed by atoms with E-state index in [1.807, 2.05) is 0 Å². The van der Waals surface area contributed by atoms with Crippen LogP contribution in [-0.4, -0.2) is 20.5 Å². The average Bonchev–Trinajstić information content (AvgIpc) is 3.13. The Morgan fingerprint density at radius 3 is 2.66 bits per heavy atom. The maximum Gasteiger partial charge on any atom is 0.271 e. The second-order valence-corrected chi connectivity index (χ2v) is 8.15. The Morgan fingerprint density at radius 2 is 1.97 bits per heavy atom. The van der Waals surface area contributed by atoms with Crippen LogP contribution < -0.4 is 0 Å². The third kappa shape index (κ3) is 3.74. The van der Waals surface area contributed by atoms with Crippen molar-refractivity contribution >= 4 is 44.0 Å². The van der Waals surface area contributed by atoms with Gasteiger partial charge in [-0.1, -0.05) is 19.3 Å². The number of benzene rings is 2. The maximum absolute atomic E-state index is 13.8. The van der Waals surface area contributed by atoms with Crippen LogP contribution in [0.3, 0.4) is 0 Å². The second kappa shape index (κ2) is 8.12. The molecule has 0 amide bonds. The quantitative estimate of drug-likeness (QED) is 0.277. The number of rotatable bonds is 5. The highest BCUT2D eigenvalue weighted by molar-refractivity contribution is 8.21. The fourth-order valence-electron chi connectivity index (χ4n) is 3.85. The molecule has 1 aliphatic rings. The van der Waals surface area contributed by atoms with Crippen LogP contribution in [0.5, 0.6) is 0 Å². The molecule has 29 heavy (non-hydrogen) atoms. The summed E-state index contributed by atoms with van der Waals surface area (Å²) in [6.07, 6.45) is 5.08. The van der Waals surface area contributed by atoms with Gasteiger partial charge in [0, 0.05) is 23.1 Å². The first-order valence-electron chi connectivity index (χ1n) is 9.29. The van der Waals surface area contributed by atoms with Gasteiger partial charge in [-0.2, -0.15) is 5.10 Å². The lowest BCUT2D eigenvalue weighted by molar-refractivity contribution is -0.384. The molecular weight excluding hydrogens is 417 g/mol. The Bertz CT molecular complexity index is 1110. The number of ketones is 1. The molecule has 4 rings (SSSR count). The number of carbonyl (C=O) groups is 1. The summed E-state index contributed by atoms with van der Waals surface area (Å²) < 4.78 is 15.5. The van der Waals surface area contributed by atoms with E-state index in [2.05, 4.69) is 5.10 Å². The summed E-state index contributed by atoms with van der Waals surface area (Å²) in [6, 6.07) is 8.49. The van der Waals surface area contributed by atoms with Gasteiger partial charge in [-0.15, -0.1) is 0 Å². The Labute approximate surface area is 174 Å². The normalized spacial score (nSPS) is 15.0. The molecule has 0 spiro atoms. The Balaban J connectivity index is 1.85. The Morgan fingerprint density at radius 1 is 1.21 bits per heavy atom. The number of nitro benzene ring substituents is 1. The van der Waals surface area contributed by atoms with E-state index in [9.17, 15) is 19.3 Å². The monoisotopic (exact) mass is 433 g/mol. The van der Waals surface area contributed by atoms with Crippen LogP contribution in [0.2, 0.25) is 0 Å². The average molecular weight is 434 g/mol. The van der Waals surface area contributed by atoms with Gasteiger partial charge in [0.25, 0.3) is 5.69 Å². The minimum Gasteiger partial charge on any atom is -0.287 e. The van der Waals surface area contributed by atoms with Gasteiger partial charge < -0.3 is 0 Å². The number of nitro groups is 1. The zero-order valence-electron chi connectivity index (χ0n) is 15.3. The molecule has 9 heteroatoms. The van der Waals surface area contributed by atoms with Crippen LogP contribution in [0.1, 0.15) is 54.2 Å². The lowest BCUT2D eigenvalue weighted by Crippen LogP contribution is -2.15. The molecule has 2 aromatic carbocycles. The van der Waals surface area contributed by atoms with Crippen molar-refractivity contribution in [3.8, 4) is 0 Å². The van der Waals surface area contributed by atoms with E-state index in [-0.39, 0.29) is 33.7 Å². The molecule has 0 radical (unpaired) electrons. The number of non-ortho nitro benzene ring substituents is 1. The van der Waals surface area contributed by atoms with Crippen LogP contribution in [-0.2, 0) is 0 Å². The van der Waals surface area contributed by atoms with Crippen LogP contribution in [0, 0.1) is 15.9 Å². The number of aromatic nitrogens is 2. The lowest BCUT2D eigenvalue weighted by Gasteiger charge is -2.22. The Kier molecular flexibility index (Phi) is 5.56. The molecule has 1 fully saturated rings. The standard InChI is InChI=1S/C20H17ClFN3O3S/c21-29-18-10-12(6-9-16(18)22)20(26)19-15-8-7-14(25(27)28)11-17(15)24(23-19)13-4-2-1-3-5-13/h6-11,13H,1-5H2. The van der Waals surface area contributed by atoms with Gasteiger partial charge in [0.1, 0.15) is 11.5 Å². The van der Waals surface area contributed by atoms with E-state index >= 15 is 0 Å². The first kappa shape index (κ1) is 19.8. The van der Waals surface area contributed by atoms with Crippen LogP contribution in [0.4, 0.5) is 10.1 Å². The summed E-state index contributed by atoms with van der Waals surface area (Å²) in [7, 11) is 6.39. The first-order chi connectivity index (χ1) is 14.0.